The Kier molecular flexibility index (Phi) is 4.12. The van der Waals surface area contributed by atoms with Crippen LogP contribution < -0.4 is 0 Å². The lowest BCUT2D eigenvalue weighted by Gasteiger charge is -2.37. The highest BCUT2D eigenvalue weighted by molar-refractivity contribution is 5.83. The molecule has 1 heterocycles. The molecule has 1 fully saturated rings. The largest absolute Gasteiger partial charge is 0.467 e. The van der Waals surface area contributed by atoms with Gasteiger partial charge in [-0.3, -0.25) is 4.79 Å². The predicted octanol–water partition coefficient (Wildman–Crippen LogP) is 1.20. The predicted molar refractivity (Wildman–Crippen MR) is 56.2 cm³/mol. The molecule has 0 bridgehead atoms. The average molecular weight is 213 g/mol. The molecule has 0 saturated carbocycles. The van der Waals surface area contributed by atoms with E-state index in [4.69, 9.17) is 4.74 Å². The molecule has 1 saturated heterocycles. The second-order valence-corrected chi connectivity index (χ2v) is 4.06. The Morgan fingerprint density at radius 3 is 2.53 bits per heavy atom. The molecule has 15 heavy (non-hydrogen) atoms. The van der Waals surface area contributed by atoms with Gasteiger partial charge in [0.2, 0.25) is 5.91 Å². The van der Waals surface area contributed by atoms with Gasteiger partial charge in [-0.2, -0.15) is 0 Å². The van der Waals surface area contributed by atoms with Gasteiger partial charge in [0, 0.05) is 13.5 Å². The van der Waals surface area contributed by atoms with Crippen LogP contribution in [-0.4, -0.2) is 36.5 Å². The number of carbonyl (C=O) groups excluding carboxylic acids is 2. The minimum Gasteiger partial charge on any atom is -0.467 e. The summed E-state index contributed by atoms with van der Waals surface area (Å²) < 4.78 is 4.71. The summed E-state index contributed by atoms with van der Waals surface area (Å²) in [6.07, 6.45) is 2.78. The first-order valence-electron chi connectivity index (χ1n) is 5.45. The number of esters is 1. The highest BCUT2D eigenvalue weighted by Gasteiger charge is 2.34. The lowest BCUT2D eigenvalue weighted by atomic mass is 9.91. The third-order valence-electron chi connectivity index (χ3n) is 3.13. The van der Waals surface area contributed by atoms with Gasteiger partial charge in [-0.05, 0) is 18.8 Å². The molecule has 0 radical (unpaired) electrons. The Balaban J connectivity index is 2.71. The summed E-state index contributed by atoms with van der Waals surface area (Å²) in [4.78, 5) is 24.5. The van der Waals surface area contributed by atoms with Crippen LogP contribution in [0.3, 0.4) is 0 Å². The summed E-state index contributed by atoms with van der Waals surface area (Å²) in [7, 11) is 1.37. The van der Waals surface area contributed by atoms with Crippen LogP contribution in [0.1, 0.15) is 33.1 Å². The number of ether oxygens (including phenoxy) is 1. The number of rotatable bonds is 2. The summed E-state index contributed by atoms with van der Waals surface area (Å²) in [6, 6.07) is -0.365. The highest BCUT2D eigenvalue weighted by atomic mass is 16.5. The first-order chi connectivity index (χ1) is 7.10. The Bertz CT molecular complexity index is 252. The van der Waals surface area contributed by atoms with E-state index in [1.165, 1.54) is 14.0 Å². The zero-order valence-electron chi connectivity index (χ0n) is 9.66. The molecule has 0 unspecified atom stereocenters. The second-order valence-electron chi connectivity index (χ2n) is 4.06. The molecule has 4 nitrogen and oxygen atoms in total. The Hall–Kier alpha value is -1.06. The van der Waals surface area contributed by atoms with Crippen LogP contribution in [0.25, 0.3) is 0 Å². The molecule has 1 amide bonds. The first kappa shape index (κ1) is 12.0. The van der Waals surface area contributed by atoms with E-state index in [9.17, 15) is 9.59 Å². The minimum atomic E-state index is -0.365. The van der Waals surface area contributed by atoms with Crippen LogP contribution in [0.4, 0.5) is 0 Å². The van der Waals surface area contributed by atoms with Crippen molar-refractivity contribution in [3.05, 3.63) is 0 Å². The van der Waals surface area contributed by atoms with E-state index in [1.54, 1.807) is 4.90 Å². The molecule has 0 aromatic heterocycles. The summed E-state index contributed by atoms with van der Waals surface area (Å²) >= 11 is 0. The fourth-order valence-corrected chi connectivity index (χ4v) is 2.11. The van der Waals surface area contributed by atoms with E-state index < -0.39 is 0 Å². The van der Waals surface area contributed by atoms with E-state index >= 15 is 0 Å². The lowest BCUT2D eigenvalue weighted by Crippen LogP contribution is -2.50. The summed E-state index contributed by atoms with van der Waals surface area (Å²) in [6.45, 7) is 4.31. The van der Waals surface area contributed by atoms with Gasteiger partial charge in [0.25, 0.3) is 0 Å². The van der Waals surface area contributed by atoms with Crippen LogP contribution in [0, 0.1) is 5.92 Å². The lowest BCUT2D eigenvalue weighted by molar-refractivity contribution is -0.155. The van der Waals surface area contributed by atoms with Gasteiger partial charge in [0.05, 0.1) is 7.11 Å². The molecule has 2 atom stereocenters. The number of amides is 1. The van der Waals surface area contributed by atoms with Crippen LogP contribution in [0.15, 0.2) is 0 Å². The van der Waals surface area contributed by atoms with Gasteiger partial charge in [0.1, 0.15) is 6.04 Å². The second kappa shape index (κ2) is 5.14. The van der Waals surface area contributed by atoms with Crippen molar-refractivity contribution in [1.82, 2.24) is 4.90 Å². The minimum absolute atomic E-state index is 0.0384. The highest BCUT2D eigenvalue weighted by Crippen LogP contribution is 2.24. The van der Waals surface area contributed by atoms with Crippen molar-refractivity contribution in [3.8, 4) is 0 Å². The smallest absolute Gasteiger partial charge is 0.328 e. The average Bonchev–Trinajstić information content (AvgIpc) is 2.27. The quantitative estimate of drug-likeness (QED) is 0.647. The van der Waals surface area contributed by atoms with E-state index in [1.807, 2.05) is 0 Å². The number of piperidine rings is 1. The molecule has 0 N–H and O–H groups in total. The monoisotopic (exact) mass is 213 g/mol. The number of nitrogens with zero attached hydrogens (tertiary/aromatic N) is 1. The summed E-state index contributed by atoms with van der Waals surface area (Å²) in [5.41, 5.74) is 0. The summed E-state index contributed by atoms with van der Waals surface area (Å²) in [5, 5.41) is 0. The molecule has 1 rings (SSSR count). The molecule has 4 heteroatoms. The molecule has 1 aliphatic rings. The van der Waals surface area contributed by atoms with Crippen LogP contribution in [0.5, 0.6) is 0 Å². The third-order valence-corrected chi connectivity index (χ3v) is 3.13. The van der Waals surface area contributed by atoms with E-state index in [0.29, 0.717) is 12.5 Å². The van der Waals surface area contributed by atoms with Crippen molar-refractivity contribution in [1.29, 1.82) is 0 Å². The molecule has 1 aliphatic heterocycles. The maximum absolute atomic E-state index is 11.5. The topological polar surface area (TPSA) is 46.6 Å². The molecule has 0 spiro atoms. The number of methoxy groups -OCH3 is 1. The zero-order chi connectivity index (χ0) is 11.4. The first-order valence-corrected chi connectivity index (χ1v) is 5.45. The standard InChI is InChI=1S/C11H19NO3/c1-4-9-5-6-10(11(14)15-3)12(7-9)8(2)13/h9-10H,4-7H2,1-3H3/t9-,10+/m1/s1. The fourth-order valence-electron chi connectivity index (χ4n) is 2.11. The maximum atomic E-state index is 11.5. The van der Waals surface area contributed by atoms with Crippen LogP contribution in [0.2, 0.25) is 0 Å². The SMILES string of the molecule is CC[C@@H]1CC[C@@H](C(=O)OC)N(C(C)=O)C1. The van der Waals surface area contributed by atoms with Crippen molar-refractivity contribution in [2.45, 2.75) is 39.2 Å². The molecule has 0 aromatic carbocycles. The van der Waals surface area contributed by atoms with E-state index in [0.717, 1.165) is 19.3 Å². The fraction of sp³-hybridized carbons (Fsp3) is 0.818. The van der Waals surface area contributed by atoms with Crippen LogP contribution in [-0.2, 0) is 14.3 Å². The van der Waals surface area contributed by atoms with Gasteiger partial charge in [-0.15, -0.1) is 0 Å². The van der Waals surface area contributed by atoms with Crippen molar-refractivity contribution in [3.63, 3.8) is 0 Å². The number of hydrogen-bond donors (Lipinski definition) is 0. The van der Waals surface area contributed by atoms with Gasteiger partial charge in [-0.1, -0.05) is 13.3 Å². The van der Waals surface area contributed by atoms with Crippen molar-refractivity contribution >= 4 is 11.9 Å². The molecular formula is C11H19NO3. The molecular weight excluding hydrogens is 194 g/mol. The number of likely N-dealkylation sites (tertiary alicyclic amines) is 1. The molecule has 86 valence electrons. The van der Waals surface area contributed by atoms with Crippen molar-refractivity contribution in [2.24, 2.45) is 5.92 Å². The van der Waals surface area contributed by atoms with Crippen molar-refractivity contribution < 1.29 is 14.3 Å². The van der Waals surface area contributed by atoms with Gasteiger partial charge in [0.15, 0.2) is 0 Å². The van der Waals surface area contributed by atoms with Gasteiger partial charge < -0.3 is 9.64 Å². The molecule has 0 aliphatic carbocycles. The third kappa shape index (κ3) is 2.70. The normalized spacial score (nSPS) is 26.2. The Morgan fingerprint density at radius 2 is 2.07 bits per heavy atom. The molecule has 0 aromatic rings. The Morgan fingerprint density at radius 1 is 1.40 bits per heavy atom. The van der Waals surface area contributed by atoms with Crippen molar-refractivity contribution in [2.75, 3.05) is 13.7 Å². The zero-order valence-corrected chi connectivity index (χ0v) is 9.66. The van der Waals surface area contributed by atoms with Gasteiger partial charge >= 0.3 is 5.97 Å². The number of hydrogen-bond acceptors (Lipinski definition) is 3. The van der Waals surface area contributed by atoms with Gasteiger partial charge in [-0.25, -0.2) is 4.79 Å². The Labute approximate surface area is 90.6 Å². The van der Waals surface area contributed by atoms with E-state index in [2.05, 4.69) is 6.92 Å². The van der Waals surface area contributed by atoms with E-state index in [-0.39, 0.29) is 17.9 Å². The summed E-state index contributed by atoms with van der Waals surface area (Å²) in [5.74, 6) is 0.193. The number of carbonyl (C=O) groups is 2. The maximum Gasteiger partial charge on any atom is 0.328 e. The van der Waals surface area contributed by atoms with Crippen LogP contribution >= 0.6 is 0 Å².